The number of rotatable bonds is 7. The summed E-state index contributed by atoms with van der Waals surface area (Å²) in [7, 11) is 1.48. The van der Waals surface area contributed by atoms with Gasteiger partial charge >= 0.3 is 0 Å². The van der Waals surface area contributed by atoms with E-state index in [-0.39, 0.29) is 42.6 Å². The van der Waals surface area contributed by atoms with Crippen molar-refractivity contribution in [3.05, 3.63) is 32.8 Å². The van der Waals surface area contributed by atoms with Gasteiger partial charge in [0, 0.05) is 31.8 Å². The van der Waals surface area contributed by atoms with Crippen LogP contribution in [0.3, 0.4) is 0 Å². The van der Waals surface area contributed by atoms with E-state index < -0.39 is 16.5 Å². The maximum atomic E-state index is 12.3. The van der Waals surface area contributed by atoms with Gasteiger partial charge in [-0.25, -0.2) is 0 Å². The molecule has 21 heavy (non-hydrogen) atoms. The number of nitrogens with two attached hydrogens (primary N) is 1. The standard InChI is InChI=1S/C12H16ClN3O5/c1-21-5-3-15(2-4-17)12(18)8-6-9(13)11(14)10(7-8)16(19)20/h6-7,17H,2-5,14H2,1H3. The molecule has 1 aromatic rings. The molecule has 0 saturated heterocycles. The Morgan fingerprint density at radius 2 is 2.19 bits per heavy atom. The number of halogens is 1. The van der Waals surface area contributed by atoms with Crippen molar-refractivity contribution in [3.63, 3.8) is 0 Å². The first-order valence-electron chi connectivity index (χ1n) is 6.04. The third-order valence-corrected chi connectivity index (χ3v) is 3.09. The van der Waals surface area contributed by atoms with Crippen LogP contribution in [0.2, 0.25) is 5.02 Å². The lowest BCUT2D eigenvalue weighted by Gasteiger charge is -2.21. The first-order chi connectivity index (χ1) is 9.92. The number of ether oxygens (including phenoxy) is 1. The minimum absolute atomic E-state index is 0.0328. The number of aliphatic hydroxyl groups is 1. The Kier molecular flexibility index (Phi) is 6.35. The Labute approximate surface area is 126 Å². The van der Waals surface area contributed by atoms with E-state index in [0.29, 0.717) is 0 Å². The minimum Gasteiger partial charge on any atom is -0.395 e. The summed E-state index contributed by atoms with van der Waals surface area (Å²) in [6, 6.07) is 2.34. The highest BCUT2D eigenvalue weighted by Crippen LogP contribution is 2.31. The summed E-state index contributed by atoms with van der Waals surface area (Å²) in [5.41, 5.74) is 4.92. The van der Waals surface area contributed by atoms with E-state index in [2.05, 4.69) is 0 Å². The smallest absolute Gasteiger partial charge is 0.294 e. The van der Waals surface area contributed by atoms with Crippen molar-refractivity contribution < 1.29 is 19.6 Å². The van der Waals surface area contributed by atoms with Crippen molar-refractivity contribution in [2.75, 3.05) is 39.1 Å². The van der Waals surface area contributed by atoms with Crippen LogP contribution in [0, 0.1) is 10.1 Å². The molecule has 116 valence electrons. The first-order valence-corrected chi connectivity index (χ1v) is 6.42. The number of carbonyl (C=O) groups excluding carboxylic acids is 1. The van der Waals surface area contributed by atoms with Crippen molar-refractivity contribution >= 4 is 28.9 Å². The lowest BCUT2D eigenvalue weighted by Crippen LogP contribution is -2.36. The molecule has 1 rings (SSSR count). The zero-order valence-electron chi connectivity index (χ0n) is 11.4. The van der Waals surface area contributed by atoms with Gasteiger partial charge in [0.15, 0.2) is 0 Å². The molecule has 9 heteroatoms. The topological polar surface area (TPSA) is 119 Å². The van der Waals surface area contributed by atoms with Gasteiger partial charge in [0.2, 0.25) is 0 Å². The van der Waals surface area contributed by atoms with Gasteiger partial charge in [0.25, 0.3) is 11.6 Å². The van der Waals surface area contributed by atoms with Crippen LogP contribution in [-0.2, 0) is 4.74 Å². The van der Waals surface area contributed by atoms with Crippen molar-refractivity contribution in [1.29, 1.82) is 0 Å². The lowest BCUT2D eigenvalue weighted by molar-refractivity contribution is -0.383. The highest BCUT2D eigenvalue weighted by atomic mass is 35.5. The van der Waals surface area contributed by atoms with Crippen molar-refractivity contribution in [3.8, 4) is 0 Å². The molecule has 0 aromatic heterocycles. The second-order valence-corrected chi connectivity index (χ2v) is 4.56. The lowest BCUT2D eigenvalue weighted by atomic mass is 10.1. The largest absolute Gasteiger partial charge is 0.395 e. The molecule has 0 bridgehead atoms. The molecule has 0 aliphatic heterocycles. The number of hydrogen-bond acceptors (Lipinski definition) is 6. The SMILES string of the molecule is COCCN(CCO)C(=O)c1cc(Cl)c(N)c([N+](=O)[O-])c1. The summed E-state index contributed by atoms with van der Waals surface area (Å²) < 4.78 is 4.88. The van der Waals surface area contributed by atoms with Crippen LogP contribution in [0.5, 0.6) is 0 Å². The predicted molar refractivity (Wildman–Crippen MR) is 77.4 cm³/mol. The molecular formula is C12H16ClN3O5. The Morgan fingerprint density at radius 1 is 1.52 bits per heavy atom. The number of anilines is 1. The summed E-state index contributed by atoms with van der Waals surface area (Å²) in [6.45, 7) is 0.362. The van der Waals surface area contributed by atoms with Gasteiger partial charge in [-0.15, -0.1) is 0 Å². The molecule has 8 nitrogen and oxygen atoms in total. The molecule has 0 saturated carbocycles. The number of benzene rings is 1. The monoisotopic (exact) mass is 317 g/mol. The minimum atomic E-state index is -0.705. The molecule has 0 unspecified atom stereocenters. The first kappa shape index (κ1) is 17.2. The molecule has 3 N–H and O–H groups in total. The van der Waals surface area contributed by atoms with Crippen LogP contribution in [-0.4, -0.2) is 54.3 Å². The highest BCUT2D eigenvalue weighted by molar-refractivity contribution is 6.34. The van der Waals surface area contributed by atoms with Gasteiger partial charge in [-0.05, 0) is 6.07 Å². The summed E-state index contributed by atoms with van der Waals surface area (Å²) >= 11 is 5.82. The third kappa shape index (κ3) is 4.28. The van der Waals surface area contributed by atoms with E-state index in [1.54, 1.807) is 0 Å². The Morgan fingerprint density at radius 3 is 2.71 bits per heavy atom. The average Bonchev–Trinajstić information content (AvgIpc) is 2.45. The van der Waals surface area contributed by atoms with Gasteiger partial charge in [0.05, 0.1) is 23.2 Å². The van der Waals surface area contributed by atoms with Crippen LogP contribution >= 0.6 is 11.6 Å². The summed E-state index contributed by atoms with van der Waals surface area (Å²) in [4.78, 5) is 23.8. The van der Waals surface area contributed by atoms with Gasteiger partial charge in [-0.1, -0.05) is 11.6 Å². The fourth-order valence-corrected chi connectivity index (χ4v) is 1.91. The zero-order valence-corrected chi connectivity index (χ0v) is 12.2. The Bertz CT molecular complexity index is 538. The average molecular weight is 318 g/mol. The molecule has 0 radical (unpaired) electrons. The second kappa shape index (κ2) is 7.77. The fraction of sp³-hybridized carbons (Fsp3) is 0.417. The number of methoxy groups -OCH3 is 1. The maximum absolute atomic E-state index is 12.3. The summed E-state index contributed by atoms with van der Waals surface area (Å²) in [6.07, 6.45) is 0. The highest BCUT2D eigenvalue weighted by Gasteiger charge is 2.22. The molecule has 0 fully saturated rings. The predicted octanol–water partition coefficient (Wildman–Crippen LogP) is 0.911. The van der Waals surface area contributed by atoms with Crippen molar-refractivity contribution in [1.82, 2.24) is 4.90 Å². The number of hydrogen-bond donors (Lipinski definition) is 2. The third-order valence-electron chi connectivity index (χ3n) is 2.77. The quantitative estimate of drug-likeness (QED) is 0.438. The van der Waals surface area contributed by atoms with E-state index in [0.717, 1.165) is 6.07 Å². The van der Waals surface area contributed by atoms with Gasteiger partial charge in [-0.3, -0.25) is 14.9 Å². The second-order valence-electron chi connectivity index (χ2n) is 4.16. The molecule has 1 aromatic carbocycles. The van der Waals surface area contributed by atoms with Crippen LogP contribution in [0.25, 0.3) is 0 Å². The van der Waals surface area contributed by atoms with Crippen molar-refractivity contribution in [2.45, 2.75) is 0 Å². The van der Waals surface area contributed by atoms with Crippen LogP contribution in [0.4, 0.5) is 11.4 Å². The fourth-order valence-electron chi connectivity index (χ4n) is 1.70. The molecule has 1 amide bonds. The number of aliphatic hydroxyl groups excluding tert-OH is 1. The molecule has 0 heterocycles. The number of nitrogen functional groups attached to an aromatic ring is 1. The molecular weight excluding hydrogens is 302 g/mol. The molecule has 0 aliphatic carbocycles. The van der Waals surface area contributed by atoms with Gasteiger partial charge in [0.1, 0.15) is 5.69 Å². The summed E-state index contributed by atoms with van der Waals surface area (Å²) in [5, 5.41) is 19.8. The van der Waals surface area contributed by atoms with Crippen LogP contribution in [0.15, 0.2) is 12.1 Å². The number of nitrogens with zero attached hydrogens (tertiary/aromatic N) is 2. The summed E-state index contributed by atoms with van der Waals surface area (Å²) in [5.74, 6) is -0.494. The van der Waals surface area contributed by atoms with Crippen molar-refractivity contribution in [2.24, 2.45) is 0 Å². The van der Waals surface area contributed by atoms with E-state index >= 15 is 0 Å². The number of nitro benzene ring substituents is 1. The Balaban J connectivity index is 3.12. The number of amides is 1. The molecule has 0 aliphatic rings. The van der Waals surface area contributed by atoms with E-state index in [1.165, 1.54) is 18.1 Å². The van der Waals surface area contributed by atoms with E-state index in [4.69, 9.17) is 27.2 Å². The van der Waals surface area contributed by atoms with E-state index in [9.17, 15) is 14.9 Å². The molecule has 0 spiro atoms. The van der Waals surface area contributed by atoms with E-state index in [1.807, 2.05) is 0 Å². The normalized spacial score (nSPS) is 10.4. The van der Waals surface area contributed by atoms with Crippen LogP contribution in [0.1, 0.15) is 10.4 Å². The zero-order chi connectivity index (χ0) is 16.0. The van der Waals surface area contributed by atoms with Crippen LogP contribution < -0.4 is 5.73 Å². The molecule has 0 atom stereocenters. The maximum Gasteiger partial charge on any atom is 0.294 e. The number of carbonyl (C=O) groups is 1. The number of nitro groups is 1. The van der Waals surface area contributed by atoms with Gasteiger partial charge in [-0.2, -0.15) is 0 Å². The van der Waals surface area contributed by atoms with Gasteiger partial charge < -0.3 is 20.5 Å². The Hall–Kier alpha value is -1.90.